The predicted molar refractivity (Wildman–Crippen MR) is 54.9 cm³/mol. The average molecular weight is 178 g/mol. The van der Waals surface area contributed by atoms with Crippen molar-refractivity contribution < 1.29 is 0 Å². The molecule has 0 radical (unpaired) electrons. The van der Waals surface area contributed by atoms with E-state index in [0.717, 1.165) is 24.2 Å². The molecule has 0 aliphatic rings. The van der Waals surface area contributed by atoms with Crippen LogP contribution in [0.3, 0.4) is 0 Å². The van der Waals surface area contributed by atoms with Gasteiger partial charge in [0, 0.05) is 0 Å². The van der Waals surface area contributed by atoms with Crippen LogP contribution in [0.1, 0.15) is 50.6 Å². The van der Waals surface area contributed by atoms with Crippen LogP contribution in [0.25, 0.3) is 0 Å². The van der Waals surface area contributed by atoms with Crippen molar-refractivity contribution in [1.82, 2.24) is 10.2 Å². The van der Waals surface area contributed by atoms with E-state index in [1.165, 1.54) is 5.56 Å². The van der Waals surface area contributed by atoms with E-state index in [1.54, 1.807) is 0 Å². The molecule has 2 nitrogen and oxygen atoms in total. The van der Waals surface area contributed by atoms with Crippen molar-refractivity contribution in [2.75, 3.05) is 0 Å². The molecule has 13 heavy (non-hydrogen) atoms. The summed E-state index contributed by atoms with van der Waals surface area (Å²) in [6.07, 6.45) is 1.95. The number of rotatable bonds is 3. The summed E-state index contributed by atoms with van der Waals surface area (Å²) < 4.78 is 0. The van der Waals surface area contributed by atoms with Crippen LogP contribution < -0.4 is 0 Å². The van der Waals surface area contributed by atoms with Crippen LogP contribution in [0.15, 0.2) is 6.07 Å². The second kappa shape index (κ2) is 4.35. The minimum atomic E-state index is 0.552. The van der Waals surface area contributed by atoms with Gasteiger partial charge in [0.05, 0.1) is 11.4 Å². The van der Waals surface area contributed by atoms with Gasteiger partial charge in [-0.15, -0.1) is 0 Å². The SMILES string of the molecule is CCc1cc(C(C)C)c(CC)nn1. The maximum absolute atomic E-state index is 4.24. The number of hydrogen-bond acceptors (Lipinski definition) is 2. The van der Waals surface area contributed by atoms with Crippen molar-refractivity contribution in [3.63, 3.8) is 0 Å². The molecule has 0 fully saturated rings. The summed E-state index contributed by atoms with van der Waals surface area (Å²) in [7, 11) is 0. The Kier molecular flexibility index (Phi) is 3.40. The zero-order valence-electron chi connectivity index (χ0n) is 8.96. The molecular weight excluding hydrogens is 160 g/mol. The highest BCUT2D eigenvalue weighted by Gasteiger charge is 2.07. The lowest BCUT2D eigenvalue weighted by Gasteiger charge is -2.10. The molecule has 0 aliphatic carbocycles. The zero-order valence-corrected chi connectivity index (χ0v) is 8.96. The Morgan fingerprint density at radius 3 is 2.31 bits per heavy atom. The topological polar surface area (TPSA) is 25.8 Å². The van der Waals surface area contributed by atoms with Gasteiger partial charge in [-0.3, -0.25) is 0 Å². The Bertz CT molecular complexity index is 279. The van der Waals surface area contributed by atoms with Crippen molar-refractivity contribution in [2.24, 2.45) is 0 Å². The third-order valence-corrected chi connectivity index (χ3v) is 2.27. The molecule has 0 unspecified atom stereocenters. The second-order valence-electron chi connectivity index (χ2n) is 3.60. The first kappa shape index (κ1) is 10.2. The average Bonchev–Trinajstić information content (AvgIpc) is 2.16. The van der Waals surface area contributed by atoms with Crippen LogP contribution in [-0.2, 0) is 12.8 Å². The fourth-order valence-corrected chi connectivity index (χ4v) is 1.42. The molecule has 2 heteroatoms. The van der Waals surface area contributed by atoms with Gasteiger partial charge < -0.3 is 0 Å². The van der Waals surface area contributed by atoms with E-state index in [2.05, 4.69) is 44.0 Å². The molecule has 0 bridgehead atoms. The molecule has 0 amide bonds. The van der Waals surface area contributed by atoms with E-state index in [9.17, 15) is 0 Å². The number of aromatic nitrogens is 2. The van der Waals surface area contributed by atoms with Crippen molar-refractivity contribution >= 4 is 0 Å². The maximum atomic E-state index is 4.24. The highest BCUT2D eigenvalue weighted by Crippen LogP contribution is 2.18. The number of hydrogen-bond donors (Lipinski definition) is 0. The van der Waals surface area contributed by atoms with Gasteiger partial charge in [-0.1, -0.05) is 27.7 Å². The van der Waals surface area contributed by atoms with Crippen LogP contribution in [0.2, 0.25) is 0 Å². The van der Waals surface area contributed by atoms with Gasteiger partial charge in [0.2, 0.25) is 0 Å². The highest BCUT2D eigenvalue weighted by atomic mass is 15.1. The maximum Gasteiger partial charge on any atom is 0.0663 e. The molecule has 72 valence electrons. The molecule has 1 rings (SSSR count). The lowest BCUT2D eigenvalue weighted by molar-refractivity contribution is 0.774. The van der Waals surface area contributed by atoms with E-state index >= 15 is 0 Å². The lowest BCUT2D eigenvalue weighted by atomic mass is 10.00. The normalized spacial score (nSPS) is 10.8. The van der Waals surface area contributed by atoms with Crippen LogP contribution in [0.5, 0.6) is 0 Å². The van der Waals surface area contributed by atoms with Gasteiger partial charge in [-0.05, 0) is 30.4 Å². The smallest absolute Gasteiger partial charge is 0.0663 e. The summed E-state index contributed by atoms with van der Waals surface area (Å²) in [5, 5.41) is 8.40. The monoisotopic (exact) mass is 178 g/mol. The van der Waals surface area contributed by atoms with Gasteiger partial charge in [0.25, 0.3) is 0 Å². The zero-order chi connectivity index (χ0) is 9.84. The molecular formula is C11H18N2. The Labute approximate surface area is 80.4 Å². The first-order valence-electron chi connectivity index (χ1n) is 5.04. The van der Waals surface area contributed by atoms with Gasteiger partial charge in [0.15, 0.2) is 0 Å². The molecule has 1 aromatic heterocycles. The molecule has 1 aromatic rings. The third-order valence-electron chi connectivity index (χ3n) is 2.27. The van der Waals surface area contributed by atoms with E-state index in [1.807, 2.05) is 0 Å². The van der Waals surface area contributed by atoms with Gasteiger partial charge in [-0.25, -0.2) is 0 Å². The van der Waals surface area contributed by atoms with Crippen LogP contribution in [-0.4, -0.2) is 10.2 Å². The first-order valence-corrected chi connectivity index (χ1v) is 5.04. The Morgan fingerprint density at radius 1 is 1.15 bits per heavy atom. The van der Waals surface area contributed by atoms with Crippen molar-refractivity contribution in [2.45, 2.75) is 46.5 Å². The first-order chi connectivity index (χ1) is 6.19. The van der Waals surface area contributed by atoms with Crippen LogP contribution >= 0.6 is 0 Å². The third kappa shape index (κ3) is 2.27. The van der Waals surface area contributed by atoms with E-state index < -0.39 is 0 Å². The fraction of sp³-hybridized carbons (Fsp3) is 0.636. The van der Waals surface area contributed by atoms with Crippen molar-refractivity contribution in [1.29, 1.82) is 0 Å². The van der Waals surface area contributed by atoms with E-state index in [-0.39, 0.29) is 0 Å². The molecule has 0 aromatic carbocycles. The summed E-state index contributed by atoms with van der Waals surface area (Å²) >= 11 is 0. The minimum Gasteiger partial charge on any atom is -0.155 e. The highest BCUT2D eigenvalue weighted by molar-refractivity contribution is 5.24. The van der Waals surface area contributed by atoms with Gasteiger partial charge in [0.1, 0.15) is 0 Å². The standard InChI is InChI=1S/C11H18N2/c1-5-9-7-10(8(3)4)11(6-2)13-12-9/h7-8H,5-6H2,1-4H3. The molecule has 0 saturated heterocycles. The lowest BCUT2D eigenvalue weighted by Crippen LogP contribution is -2.03. The predicted octanol–water partition coefficient (Wildman–Crippen LogP) is 2.72. The van der Waals surface area contributed by atoms with Crippen molar-refractivity contribution in [3.8, 4) is 0 Å². The summed E-state index contributed by atoms with van der Waals surface area (Å²) in [5.41, 5.74) is 3.60. The van der Waals surface area contributed by atoms with Crippen molar-refractivity contribution in [3.05, 3.63) is 23.0 Å². The number of aryl methyl sites for hydroxylation is 2. The molecule has 0 spiro atoms. The molecule has 0 saturated carbocycles. The van der Waals surface area contributed by atoms with Crippen LogP contribution in [0.4, 0.5) is 0 Å². The Morgan fingerprint density at radius 2 is 1.85 bits per heavy atom. The molecule has 0 aliphatic heterocycles. The molecule has 0 atom stereocenters. The summed E-state index contributed by atoms with van der Waals surface area (Å²) in [6.45, 7) is 8.65. The quantitative estimate of drug-likeness (QED) is 0.711. The molecule has 0 N–H and O–H groups in total. The summed E-state index contributed by atoms with van der Waals surface area (Å²) in [5.74, 6) is 0.552. The summed E-state index contributed by atoms with van der Waals surface area (Å²) in [6, 6.07) is 2.19. The van der Waals surface area contributed by atoms with Gasteiger partial charge >= 0.3 is 0 Å². The number of nitrogens with zero attached hydrogens (tertiary/aromatic N) is 2. The largest absolute Gasteiger partial charge is 0.155 e. The Hall–Kier alpha value is -0.920. The fourth-order valence-electron chi connectivity index (χ4n) is 1.42. The summed E-state index contributed by atoms with van der Waals surface area (Å²) in [4.78, 5) is 0. The second-order valence-corrected chi connectivity index (χ2v) is 3.60. The van der Waals surface area contributed by atoms with Gasteiger partial charge in [-0.2, -0.15) is 10.2 Å². The molecule has 1 heterocycles. The van der Waals surface area contributed by atoms with E-state index in [0.29, 0.717) is 5.92 Å². The van der Waals surface area contributed by atoms with E-state index in [4.69, 9.17) is 0 Å². The minimum absolute atomic E-state index is 0.552. The van der Waals surface area contributed by atoms with Crippen LogP contribution in [0, 0.1) is 0 Å². The Balaban J connectivity index is 3.10.